The molecule has 0 radical (unpaired) electrons. The molecule has 1 atom stereocenters. The van der Waals surface area contributed by atoms with Crippen LogP contribution in [0.15, 0.2) is 11.8 Å². The van der Waals surface area contributed by atoms with E-state index in [0.717, 1.165) is 0 Å². The molecule has 0 bridgehead atoms. The first-order chi connectivity index (χ1) is 7.72. The minimum atomic E-state index is -1.79. The fourth-order valence-corrected chi connectivity index (χ4v) is 0.533. The maximum Gasteiger partial charge on any atom is 0.370 e. The molecule has 98 valence electrons. The molecule has 0 rings (SSSR count). The van der Waals surface area contributed by atoms with E-state index in [0.29, 0.717) is 6.42 Å². The van der Waals surface area contributed by atoms with Crippen LogP contribution in [0, 0.1) is 0 Å². The molecule has 0 aromatic heterocycles. The highest BCUT2D eigenvalue weighted by Crippen LogP contribution is 1.89. The Morgan fingerprint density at radius 1 is 1.12 bits per heavy atom. The van der Waals surface area contributed by atoms with Crippen molar-refractivity contribution in [2.24, 2.45) is 0 Å². The lowest BCUT2D eigenvalue weighted by Gasteiger charge is -1.97. The molecule has 0 aromatic carbocycles. The Hall–Kier alpha value is -2.09. The number of allylic oxidation sites excluding steroid dienone is 1. The molecule has 0 fully saturated rings. The third kappa shape index (κ3) is 11.8. The Balaban J connectivity index is 0. The Bertz CT molecular complexity index is 306. The van der Waals surface area contributed by atoms with E-state index in [9.17, 15) is 14.4 Å². The van der Waals surface area contributed by atoms with Crippen molar-refractivity contribution in [1.29, 1.82) is 0 Å². The van der Waals surface area contributed by atoms with Gasteiger partial charge in [0.25, 0.3) is 0 Å². The van der Waals surface area contributed by atoms with Gasteiger partial charge in [-0.1, -0.05) is 6.92 Å². The molecular formula is C9H14O8. The summed E-state index contributed by atoms with van der Waals surface area (Å²) in [4.78, 5) is 29.2. The van der Waals surface area contributed by atoms with Crippen LogP contribution < -0.4 is 0 Å². The highest BCUT2D eigenvalue weighted by atomic mass is 16.4. The van der Waals surface area contributed by atoms with Gasteiger partial charge in [0.2, 0.25) is 0 Å². The predicted molar refractivity (Wildman–Crippen MR) is 54.5 cm³/mol. The standard InChI is InChI=1S/C5H8O3.C4H6O5/c1-2-3-4(6)5(7)8;5-2(4(8)9)1-3(6)7/h3,6H,2H2,1H3,(H,7,8);2,5H,1H2,(H,6,7)(H,8,9)/b4-3-;. The molecule has 0 aliphatic carbocycles. The Labute approximate surface area is 96.4 Å². The van der Waals surface area contributed by atoms with E-state index in [1.807, 2.05) is 0 Å². The van der Waals surface area contributed by atoms with Gasteiger partial charge in [0.15, 0.2) is 11.9 Å². The normalized spacial score (nSPS) is 12.0. The number of hydrogen-bond acceptors (Lipinski definition) is 5. The summed E-state index contributed by atoms with van der Waals surface area (Å²) < 4.78 is 0. The molecule has 8 nitrogen and oxygen atoms in total. The number of aliphatic hydroxyl groups is 2. The Morgan fingerprint density at radius 3 is 1.71 bits per heavy atom. The number of hydrogen-bond donors (Lipinski definition) is 5. The predicted octanol–water partition coefficient (Wildman–Crippen LogP) is -0.171. The fourth-order valence-electron chi connectivity index (χ4n) is 0.533. The van der Waals surface area contributed by atoms with Gasteiger partial charge in [-0.05, 0) is 12.5 Å². The van der Waals surface area contributed by atoms with E-state index in [-0.39, 0.29) is 0 Å². The lowest BCUT2D eigenvalue weighted by atomic mass is 10.3. The van der Waals surface area contributed by atoms with Gasteiger partial charge in [-0.15, -0.1) is 0 Å². The van der Waals surface area contributed by atoms with Crippen molar-refractivity contribution in [3.05, 3.63) is 11.8 Å². The van der Waals surface area contributed by atoms with Crippen LogP contribution in [-0.4, -0.2) is 49.5 Å². The molecule has 0 aliphatic heterocycles. The molecule has 8 heteroatoms. The summed E-state index contributed by atoms with van der Waals surface area (Å²) in [6, 6.07) is 0. The highest BCUT2D eigenvalue weighted by molar-refractivity contribution is 5.83. The minimum absolute atomic E-state index is 0.540. The van der Waals surface area contributed by atoms with Gasteiger partial charge in [0, 0.05) is 0 Å². The van der Waals surface area contributed by atoms with Gasteiger partial charge in [-0.3, -0.25) is 4.79 Å². The SMILES string of the molecule is CC/C=C(\O)C(=O)O.O=C(O)CC(O)C(=O)O. The lowest BCUT2D eigenvalue weighted by molar-refractivity contribution is -0.152. The zero-order chi connectivity index (χ0) is 14.0. The molecule has 0 aromatic rings. The molecule has 0 heterocycles. The van der Waals surface area contributed by atoms with Crippen molar-refractivity contribution >= 4 is 17.9 Å². The number of carboxylic acids is 3. The van der Waals surface area contributed by atoms with Crippen molar-refractivity contribution in [2.75, 3.05) is 0 Å². The first-order valence-corrected chi connectivity index (χ1v) is 4.47. The van der Waals surface area contributed by atoms with Gasteiger partial charge in [0.05, 0.1) is 6.42 Å². The Kier molecular flexibility index (Phi) is 9.33. The van der Waals surface area contributed by atoms with Gasteiger partial charge in [-0.2, -0.15) is 0 Å². The Morgan fingerprint density at radius 2 is 1.59 bits per heavy atom. The van der Waals surface area contributed by atoms with E-state index in [1.54, 1.807) is 6.92 Å². The second kappa shape index (κ2) is 9.16. The number of aliphatic hydroxyl groups excluding tert-OH is 2. The summed E-state index contributed by atoms with van der Waals surface area (Å²) in [5.74, 6) is -4.69. The average molecular weight is 250 g/mol. The molecule has 5 N–H and O–H groups in total. The maximum absolute atomic E-state index is 9.77. The van der Waals surface area contributed by atoms with Crippen molar-refractivity contribution in [1.82, 2.24) is 0 Å². The average Bonchev–Trinajstić information content (AvgIpc) is 2.17. The van der Waals surface area contributed by atoms with Gasteiger partial charge < -0.3 is 25.5 Å². The van der Waals surface area contributed by atoms with Crippen molar-refractivity contribution in [3.63, 3.8) is 0 Å². The van der Waals surface area contributed by atoms with Crippen LogP contribution in [0.25, 0.3) is 0 Å². The topological polar surface area (TPSA) is 152 Å². The molecule has 0 amide bonds. The molecule has 0 aliphatic rings. The monoisotopic (exact) mass is 250 g/mol. The van der Waals surface area contributed by atoms with E-state index in [2.05, 4.69) is 0 Å². The highest BCUT2D eigenvalue weighted by Gasteiger charge is 2.16. The molecular weight excluding hydrogens is 236 g/mol. The maximum atomic E-state index is 9.77. The van der Waals surface area contributed by atoms with Crippen LogP contribution in [-0.2, 0) is 14.4 Å². The first kappa shape index (κ1) is 17.3. The molecule has 1 unspecified atom stereocenters. The van der Waals surface area contributed by atoms with E-state index >= 15 is 0 Å². The summed E-state index contributed by atoms with van der Waals surface area (Å²) in [6.07, 6.45) is -0.766. The van der Waals surface area contributed by atoms with E-state index in [1.165, 1.54) is 6.08 Å². The zero-order valence-corrected chi connectivity index (χ0v) is 9.03. The number of carbonyl (C=O) groups is 3. The summed E-state index contributed by atoms with van der Waals surface area (Å²) in [5.41, 5.74) is 0. The van der Waals surface area contributed by atoms with Gasteiger partial charge >= 0.3 is 17.9 Å². The second-order valence-corrected chi connectivity index (χ2v) is 2.75. The van der Waals surface area contributed by atoms with Crippen LogP contribution >= 0.6 is 0 Å². The van der Waals surface area contributed by atoms with Crippen LogP contribution in [0.5, 0.6) is 0 Å². The quantitative estimate of drug-likeness (QED) is 0.333. The van der Waals surface area contributed by atoms with Crippen molar-refractivity contribution in [3.8, 4) is 0 Å². The molecule has 0 saturated carbocycles. The second-order valence-electron chi connectivity index (χ2n) is 2.75. The largest absolute Gasteiger partial charge is 0.502 e. The van der Waals surface area contributed by atoms with Crippen LogP contribution in [0.2, 0.25) is 0 Å². The summed E-state index contributed by atoms with van der Waals surface area (Å²) in [7, 11) is 0. The summed E-state index contributed by atoms with van der Waals surface area (Å²) >= 11 is 0. The molecule has 0 saturated heterocycles. The van der Waals surface area contributed by atoms with Gasteiger partial charge in [0.1, 0.15) is 0 Å². The smallest absolute Gasteiger partial charge is 0.370 e. The number of rotatable bonds is 5. The van der Waals surface area contributed by atoms with Crippen LogP contribution in [0.4, 0.5) is 0 Å². The van der Waals surface area contributed by atoms with Crippen LogP contribution in [0.1, 0.15) is 19.8 Å². The van der Waals surface area contributed by atoms with Crippen molar-refractivity contribution in [2.45, 2.75) is 25.9 Å². The first-order valence-electron chi connectivity index (χ1n) is 4.47. The number of carboxylic acid groups (broad SMARTS) is 3. The van der Waals surface area contributed by atoms with Crippen molar-refractivity contribution < 1.29 is 39.9 Å². The summed E-state index contributed by atoms with van der Waals surface area (Å²) in [5, 5.41) is 40.5. The fraction of sp³-hybridized carbons (Fsp3) is 0.444. The van der Waals surface area contributed by atoms with E-state index in [4.69, 9.17) is 25.5 Å². The minimum Gasteiger partial charge on any atom is -0.502 e. The van der Waals surface area contributed by atoms with Crippen LogP contribution in [0.3, 0.4) is 0 Å². The third-order valence-corrected chi connectivity index (χ3v) is 1.27. The number of aliphatic carboxylic acids is 3. The molecule has 17 heavy (non-hydrogen) atoms. The lowest BCUT2D eigenvalue weighted by Crippen LogP contribution is -2.22. The third-order valence-electron chi connectivity index (χ3n) is 1.27. The van der Waals surface area contributed by atoms with Gasteiger partial charge in [-0.25, -0.2) is 9.59 Å². The van der Waals surface area contributed by atoms with E-state index < -0.39 is 36.2 Å². The molecule has 0 spiro atoms. The zero-order valence-electron chi connectivity index (χ0n) is 9.03. The summed E-state index contributed by atoms with van der Waals surface area (Å²) in [6.45, 7) is 1.75.